The number of rotatable bonds is 4. The van der Waals surface area contributed by atoms with Crippen molar-refractivity contribution in [1.82, 2.24) is 10.2 Å². The molecular weight excluding hydrogens is 301 g/mol. The van der Waals surface area contributed by atoms with Crippen LogP contribution in [0.5, 0.6) is 0 Å². The van der Waals surface area contributed by atoms with E-state index >= 15 is 0 Å². The second-order valence-electron chi connectivity index (χ2n) is 4.60. The lowest BCUT2D eigenvalue weighted by atomic mass is 10.2. The highest BCUT2D eigenvalue weighted by atomic mass is 35.5. The molecule has 2 aromatic rings. The van der Waals surface area contributed by atoms with Gasteiger partial charge in [0.2, 0.25) is 0 Å². The summed E-state index contributed by atoms with van der Waals surface area (Å²) in [7, 11) is 0. The van der Waals surface area contributed by atoms with E-state index in [0.29, 0.717) is 22.9 Å². The van der Waals surface area contributed by atoms with Crippen LogP contribution in [0, 0.1) is 5.82 Å². The molecule has 0 unspecified atom stereocenters. The zero-order valence-electron chi connectivity index (χ0n) is 10.8. The van der Waals surface area contributed by atoms with Crippen LogP contribution in [-0.4, -0.2) is 16.7 Å². The zero-order chi connectivity index (χ0) is 13.1. The Morgan fingerprint density at radius 2 is 2.30 bits per heavy atom. The van der Waals surface area contributed by atoms with E-state index in [4.69, 9.17) is 4.42 Å². The van der Waals surface area contributed by atoms with Crippen molar-refractivity contribution in [1.29, 1.82) is 0 Å². The summed E-state index contributed by atoms with van der Waals surface area (Å²) in [4.78, 5) is 0. The molecule has 1 aliphatic heterocycles. The molecule has 1 aromatic carbocycles. The van der Waals surface area contributed by atoms with Gasteiger partial charge in [-0.25, -0.2) is 4.39 Å². The molecule has 0 saturated carbocycles. The minimum absolute atomic E-state index is 0. The van der Waals surface area contributed by atoms with Gasteiger partial charge in [-0.3, -0.25) is 0 Å². The highest BCUT2D eigenvalue weighted by Gasteiger charge is 2.26. The van der Waals surface area contributed by atoms with Crippen molar-refractivity contribution in [3.8, 4) is 0 Å². The third-order valence-electron chi connectivity index (χ3n) is 3.16. The maximum absolute atomic E-state index is 13.0. The number of hydrogen-bond acceptors (Lipinski definition) is 4. The van der Waals surface area contributed by atoms with Crippen LogP contribution in [0.25, 0.3) is 0 Å². The summed E-state index contributed by atoms with van der Waals surface area (Å²) in [5.74, 6) is 1.12. The fraction of sp³-hybridized carbons (Fsp3) is 0.385. The lowest BCUT2D eigenvalue weighted by molar-refractivity contribution is -0.678. The van der Waals surface area contributed by atoms with Crippen molar-refractivity contribution < 1.29 is 26.5 Å². The van der Waals surface area contributed by atoms with Crippen molar-refractivity contribution >= 4 is 11.8 Å². The summed E-state index contributed by atoms with van der Waals surface area (Å²) < 4.78 is 18.7. The van der Waals surface area contributed by atoms with Gasteiger partial charge in [0.05, 0.1) is 6.54 Å². The largest absolute Gasteiger partial charge is 1.00 e. The van der Waals surface area contributed by atoms with Gasteiger partial charge in [0.25, 0.3) is 11.1 Å². The Hall–Kier alpha value is -1.11. The van der Waals surface area contributed by atoms with E-state index in [9.17, 15) is 4.39 Å². The molecule has 1 fully saturated rings. The van der Waals surface area contributed by atoms with Crippen molar-refractivity contribution in [3.05, 3.63) is 41.5 Å². The fourth-order valence-electron chi connectivity index (χ4n) is 2.20. The number of quaternary nitrogens is 1. The predicted molar refractivity (Wildman–Crippen MR) is 69.0 cm³/mol. The Balaban J connectivity index is 0.00000147. The summed E-state index contributed by atoms with van der Waals surface area (Å²) in [6, 6.07) is 6.87. The van der Waals surface area contributed by atoms with Crippen LogP contribution >= 0.6 is 11.8 Å². The van der Waals surface area contributed by atoms with E-state index in [2.05, 4.69) is 15.5 Å². The maximum atomic E-state index is 13.0. The van der Waals surface area contributed by atoms with Gasteiger partial charge in [-0.05, 0) is 17.7 Å². The topological polar surface area (TPSA) is 55.5 Å². The summed E-state index contributed by atoms with van der Waals surface area (Å²) >= 11 is 1.44. The minimum atomic E-state index is -0.218. The number of nitrogens with zero attached hydrogens (tertiary/aromatic N) is 2. The second kappa shape index (κ2) is 7.06. The Kier molecular flexibility index (Phi) is 5.39. The van der Waals surface area contributed by atoms with Crippen LogP contribution in [0.4, 0.5) is 4.39 Å². The first kappa shape index (κ1) is 15.3. The molecule has 1 aliphatic rings. The molecule has 7 heteroatoms. The minimum Gasteiger partial charge on any atom is -1.00 e. The van der Waals surface area contributed by atoms with Crippen LogP contribution in [0.3, 0.4) is 0 Å². The number of benzene rings is 1. The molecule has 0 bridgehead atoms. The van der Waals surface area contributed by atoms with Crippen LogP contribution in [0.1, 0.15) is 30.3 Å². The van der Waals surface area contributed by atoms with Crippen LogP contribution in [0.2, 0.25) is 0 Å². The highest BCUT2D eigenvalue weighted by Crippen LogP contribution is 2.24. The van der Waals surface area contributed by atoms with Crippen molar-refractivity contribution in [2.45, 2.75) is 29.9 Å². The molecule has 2 heterocycles. The first-order valence-corrected chi connectivity index (χ1v) is 7.34. The Labute approximate surface area is 127 Å². The van der Waals surface area contributed by atoms with Crippen LogP contribution in [-0.2, 0) is 5.75 Å². The zero-order valence-corrected chi connectivity index (χ0v) is 12.3. The molecule has 1 aromatic heterocycles. The van der Waals surface area contributed by atoms with Gasteiger partial charge in [-0.15, -0.1) is 10.2 Å². The number of thioether (sulfide) groups is 1. The number of hydrogen-bond donors (Lipinski definition) is 1. The van der Waals surface area contributed by atoms with Gasteiger partial charge in [0, 0.05) is 18.6 Å². The quantitative estimate of drug-likeness (QED) is 0.728. The number of halogens is 2. The van der Waals surface area contributed by atoms with E-state index in [0.717, 1.165) is 18.5 Å². The van der Waals surface area contributed by atoms with Crippen LogP contribution in [0.15, 0.2) is 33.9 Å². The summed E-state index contributed by atoms with van der Waals surface area (Å²) in [6.07, 6.45) is 2.29. The number of aromatic nitrogens is 2. The monoisotopic (exact) mass is 315 g/mol. The molecule has 4 nitrogen and oxygen atoms in total. The first-order valence-electron chi connectivity index (χ1n) is 6.35. The van der Waals surface area contributed by atoms with Crippen molar-refractivity contribution in [2.24, 2.45) is 0 Å². The van der Waals surface area contributed by atoms with Gasteiger partial charge in [-0.1, -0.05) is 23.9 Å². The molecule has 1 saturated heterocycles. The van der Waals surface area contributed by atoms with E-state index in [-0.39, 0.29) is 18.2 Å². The summed E-state index contributed by atoms with van der Waals surface area (Å²) in [5, 5.41) is 10.9. The summed E-state index contributed by atoms with van der Waals surface area (Å²) in [5.41, 5.74) is 0.914. The van der Waals surface area contributed by atoms with E-state index < -0.39 is 0 Å². The van der Waals surface area contributed by atoms with E-state index in [1.54, 1.807) is 6.07 Å². The highest BCUT2D eigenvalue weighted by molar-refractivity contribution is 7.98. The normalized spacial score (nSPS) is 17.9. The third kappa shape index (κ3) is 3.71. The fourth-order valence-corrected chi connectivity index (χ4v) is 2.91. The van der Waals surface area contributed by atoms with Gasteiger partial charge in [0.1, 0.15) is 5.82 Å². The first-order chi connectivity index (χ1) is 9.31. The van der Waals surface area contributed by atoms with Gasteiger partial charge in [0.15, 0.2) is 6.04 Å². The lowest BCUT2D eigenvalue weighted by Gasteiger charge is -1.99. The molecule has 3 rings (SSSR count). The number of nitrogens with two attached hydrogens (primary N) is 1. The molecule has 0 spiro atoms. The average Bonchev–Trinajstić information content (AvgIpc) is 3.07. The standard InChI is InChI=1S/C13H14FN3OS.ClH/c14-10-4-1-3-9(7-10)8-19-13-17-16-12(18-13)11-5-2-6-15-11;/h1,3-4,7,11,15H,2,5-6,8H2;1H/t11-;/m0./s1. The Morgan fingerprint density at radius 3 is 3.05 bits per heavy atom. The molecule has 2 N–H and O–H groups in total. The molecule has 20 heavy (non-hydrogen) atoms. The third-order valence-corrected chi connectivity index (χ3v) is 4.05. The molecule has 0 aliphatic carbocycles. The molecule has 1 atom stereocenters. The van der Waals surface area contributed by atoms with Crippen molar-refractivity contribution in [3.63, 3.8) is 0 Å². The van der Waals surface area contributed by atoms with Gasteiger partial charge < -0.3 is 22.1 Å². The van der Waals surface area contributed by atoms with E-state index in [1.807, 2.05) is 6.07 Å². The average molecular weight is 316 g/mol. The Bertz CT molecular complexity index is 560. The van der Waals surface area contributed by atoms with Crippen LogP contribution < -0.4 is 17.7 Å². The molecular formula is C13H15ClFN3OS. The smallest absolute Gasteiger partial charge is 0.277 e. The SMILES string of the molecule is Fc1cccc(CSc2nnc([C@@H]3CCC[NH2+]3)o2)c1.[Cl-]. The second-order valence-corrected chi connectivity index (χ2v) is 5.52. The maximum Gasteiger partial charge on any atom is 0.277 e. The van der Waals surface area contributed by atoms with Gasteiger partial charge in [-0.2, -0.15) is 0 Å². The Morgan fingerprint density at radius 1 is 1.40 bits per heavy atom. The van der Waals surface area contributed by atoms with E-state index in [1.165, 1.54) is 30.3 Å². The van der Waals surface area contributed by atoms with Gasteiger partial charge >= 0.3 is 0 Å². The molecule has 0 amide bonds. The lowest BCUT2D eigenvalue weighted by Crippen LogP contribution is -3.00. The molecule has 0 radical (unpaired) electrons. The summed E-state index contributed by atoms with van der Waals surface area (Å²) in [6.45, 7) is 1.12. The van der Waals surface area contributed by atoms with Crippen molar-refractivity contribution in [2.75, 3.05) is 6.54 Å². The molecule has 108 valence electrons. The predicted octanol–water partition coefficient (Wildman–Crippen LogP) is -1.10.